The van der Waals surface area contributed by atoms with Crippen molar-refractivity contribution < 1.29 is 24.5 Å². The molecular formula is C17H20ClNO5. The highest BCUT2D eigenvalue weighted by Gasteiger charge is 2.38. The number of nitrogens with one attached hydrogen (secondary N) is 1. The Kier molecular flexibility index (Phi) is 4.96. The topological polar surface area (TPSA) is 95.9 Å². The van der Waals surface area contributed by atoms with Crippen LogP contribution in [-0.4, -0.2) is 40.8 Å². The van der Waals surface area contributed by atoms with Gasteiger partial charge in [0.2, 0.25) is 0 Å². The lowest BCUT2D eigenvalue weighted by atomic mass is 9.72. The van der Waals surface area contributed by atoms with Crippen LogP contribution < -0.4 is 10.1 Å². The fraction of sp³-hybridized carbons (Fsp3) is 0.529. The van der Waals surface area contributed by atoms with Gasteiger partial charge in [-0.3, -0.25) is 4.79 Å². The summed E-state index contributed by atoms with van der Waals surface area (Å²) >= 11 is 5.96. The van der Waals surface area contributed by atoms with Gasteiger partial charge >= 0.3 is 11.9 Å². The van der Waals surface area contributed by atoms with Gasteiger partial charge in [-0.2, -0.15) is 0 Å². The Hall–Kier alpha value is -1.79. The summed E-state index contributed by atoms with van der Waals surface area (Å²) in [5, 5.41) is 22.0. The van der Waals surface area contributed by atoms with Gasteiger partial charge in [0, 0.05) is 5.02 Å². The van der Waals surface area contributed by atoms with Gasteiger partial charge in [-0.25, -0.2) is 4.79 Å². The zero-order valence-electron chi connectivity index (χ0n) is 13.1. The molecule has 130 valence electrons. The predicted octanol–water partition coefficient (Wildman–Crippen LogP) is 2.65. The molecule has 0 aromatic heterocycles. The summed E-state index contributed by atoms with van der Waals surface area (Å²) in [6.07, 6.45) is 2.97. The maximum absolute atomic E-state index is 11.3. The molecule has 24 heavy (non-hydrogen) atoms. The van der Waals surface area contributed by atoms with E-state index in [1.807, 2.05) is 0 Å². The highest BCUT2D eigenvalue weighted by atomic mass is 35.5. The molecule has 0 amide bonds. The fourth-order valence-electron chi connectivity index (χ4n) is 3.77. The molecule has 1 saturated carbocycles. The molecule has 1 heterocycles. The number of benzene rings is 1. The van der Waals surface area contributed by atoms with Gasteiger partial charge in [-0.05, 0) is 62.3 Å². The van der Waals surface area contributed by atoms with Gasteiger partial charge < -0.3 is 20.3 Å². The molecule has 1 aliphatic heterocycles. The summed E-state index contributed by atoms with van der Waals surface area (Å²) in [5.74, 6) is -0.859. The molecule has 6 nitrogen and oxygen atoms in total. The Morgan fingerprint density at radius 3 is 2.67 bits per heavy atom. The number of carboxylic acid groups (broad SMARTS) is 2. The molecule has 3 N–H and O–H groups in total. The van der Waals surface area contributed by atoms with E-state index in [2.05, 4.69) is 5.32 Å². The first-order chi connectivity index (χ1) is 11.4. The summed E-state index contributed by atoms with van der Waals surface area (Å²) < 4.78 is 5.94. The zero-order chi connectivity index (χ0) is 17.3. The number of fused-ring (bicyclic) bond motifs is 1. The second-order valence-corrected chi connectivity index (χ2v) is 6.99. The third-order valence-electron chi connectivity index (χ3n) is 5.02. The van der Waals surface area contributed by atoms with Gasteiger partial charge in [0.1, 0.15) is 17.4 Å². The van der Waals surface area contributed by atoms with Gasteiger partial charge in [0.25, 0.3) is 0 Å². The Labute approximate surface area is 144 Å². The van der Waals surface area contributed by atoms with Gasteiger partial charge in [0.15, 0.2) is 0 Å². The normalized spacial score (nSPS) is 29.5. The lowest BCUT2D eigenvalue weighted by Crippen LogP contribution is -2.50. The third-order valence-corrected chi connectivity index (χ3v) is 5.26. The van der Waals surface area contributed by atoms with Crippen LogP contribution >= 0.6 is 11.6 Å². The second-order valence-electron chi connectivity index (χ2n) is 6.55. The summed E-state index contributed by atoms with van der Waals surface area (Å²) in [5.41, 5.74) is 0.0928. The van der Waals surface area contributed by atoms with E-state index in [4.69, 9.17) is 16.3 Å². The lowest BCUT2D eigenvalue weighted by Gasteiger charge is -2.41. The first-order valence-corrected chi connectivity index (χ1v) is 8.47. The number of carboxylic acids is 2. The van der Waals surface area contributed by atoms with Gasteiger partial charge in [-0.1, -0.05) is 11.6 Å². The van der Waals surface area contributed by atoms with Crippen molar-refractivity contribution in [1.29, 1.82) is 0 Å². The number of ether oxygens (including phenoxy) is 1. The van der Waals surface area contributed by atoms with E-state index in [1.54, 1.807) is 0 Å². The minimum atomic E-state index is -1.05. The largest absolute Gasteiger partial charge is 0.489 e. The number of aromatic carboxylic acids is 1. The van der Waals surface area contributed by atoms with Crippen molar-refractivity contribution >= 4 is 23.5 Å². The standard InChI is InChI=1S/C17H20ClNO5/c18-11-2-4-13(16(20)21)15(7-11)24-12-3-1-9-8-19-14(17(22)23)6-10(9)5-12/h2,4,7,9-10,12,14,19H,1,3,5-6,8H2,(H,20,21)(H,22,23)/t9-,10+,12-,14-/m0/s1. The van der Waals surface area contributed by atoms with Crippen LogP contribution in [0.4, 0.5) is 0 Å². The third kappa shape index (κ3) is 3.65. The molecule has 0 unspecified atom stereocenters. The highest BCUT2D eigenvalue weighted by Crippen LogP contribution is 2.38. The van der Waals surface area contributed by atoms with Crippen LogP contribution in [0, 0.1) is 11.8 Å². The molecule has 2 aliphatic rings. The molecule has 0 spiro atoms. The first-order valence-electron chi connectivity index (χ1n) is 8.09. The molecule has 3 rings (SSSR count). The molecule has 7 heteroatoms. The molecule has 0 radical (unpaired) electrons. The number of hydrogen-bond donors (Lipinski definition) is 3. The minimum absolute atomic E-state index is 0.0928. The van der Waals surface area contributed by atoms with E-state index in [9.17, 15) is 19.8 Å². The van der Waals surface area contributed by atoms with Crippen LogP contribution in [0.15, 0.2) is 18.2 Å². The first kappa shape index (κ1) is 17.0. The summed E-state index contributed by atoms with van der Waals surface area (Å²) in [4.78, 5) is 22.5. The minimum Gasteiger partial charge on any atom is -0.489 e. The van der Waals surface area contributed by atoms with Crippen LogP contribution in [0.2, 0.25) is 5.02 Å². The van der Waals surface area contributed by atoms with Crippen LogP contribution in [0.25, 0.3) is 0 Å². The van der Waals surface area contributed by atoms with E-state index >= 15 is 0 Å². The van der Waals surface area contributed by atoms with Crippen LogP contribution in [0.5, 0.6) is 5.75 Å². The number of piperidine rings is 1. The van der Waals surface area contributed by atoms with Crippen molar-refractivity contribution in [3.05, 3.63) is 28.8 Å². The second kappa shape index (κ2) is 6.99. The number of rotatable bonds is 4. The van der Waals surface area contributed by atoms with Crippen molar-refractivity contribution in [1.82, 2.24) is 5.32 Å². The highest BCUT2D eigenvalue weighted by molar-refractivity contribution is 6.30. The zero-order valence-corrected chi connectivity index (χ0v) is 13.8. The van der Waals surface area contributed by atoms with Gasteiger partial charge in [-0.15, -0.1) is 0 Å². The molecule has 1 aromatic rings. The van der Waals surface area contributed by atoms with Crippen LogP contribution in [-0.2, 0) is 4.79 Å². The maximum Gasteiger partial charge on any atom is 0.339 e. The van der Waals surface area contributed by atoms with Crippen molar-refractivity contribution in [2.75, 3.05) is 6.54 Å². The van der Waals surface area contributed by atoms with Crippen molar-refractivity contribution in [3.63, 3.8) is 0 Å². The Balaban J connectivity index is 1.70. The molecule has 4 atom stereocenters. The smallest absolute Gasteiger partial charge is 0.339 e. The summed E-state index contributed by atoms with van der Waals surface area (Å²) in [6.45, 7) is 0.714. The van der Waals surface area contributed by atoms with Crippen LogP contribution in [0.1, 0.15) is 36.0 Å². The van der Waals surface area contributed by atoms with Crippen molar-refractivity contribution in [3.8, 4) is 5.75 Å². The quantitative estimate of drug-likeness (QED) is 0.770. The number of hydrogen-bond acceptors (Lipinski definition) is 4. The number of halogens is 1. The molecule has 1 saturated heterocycles. The van der Waals surface area contributed by atoms with E-state index in [-0.39, 0.29) is 23.3 Å². The summed E-state index contributed by atoms with van der Waals surface area (Å²) in [6, 6.07) is 3.99. The van der Waals surface area contributed by atoms with E-state index < -0.39 is 18.0 Å². The van der Waals surface area contributed by atoms with E-state index in [1.165, 1.54) is 18.2 Å². The molecule has 0 bridgehead atoms. The van der Waals surface area contributed by atoms with Crippen LogP contribution in [0.3, 0.4) is 0 Å². The predicted molar refractivity (Wildman–Crippen MR) is 87.7 cm³/mol. The van der Waals surface area contributed by atoms with E-state index in [0.717, 1.165) is 19.3 Å². The monoisotopic (exact) mass is 353 g/mol. The van der Waals surface area contributed by atoms with Crippen molar-refractivity contribution in [2.45, 2.75) is 37.8 Å². The lowest BCUT2D eigenvalue weighted by molar-refractivity contribution is -0.141. The fourth-order valence-corrected chi connectivity index (χ4v) is 3.93. The number of aliphatic carboxylic acids is 1. The Bertz CT molecular complexity index is 650. The Morgan fingerprint density at radius 1 is 1.17 bits per heavy atom. The number of carbonyl (C=O) groups is 2. The average molecular weight is 354 g/mol. The SMILES string of the molecule is O=C(O)c1ccc(Cl)cc1O[C@H]1CC[C@H]2CN[C@H](C(=O)O)C[C@H]2C1. The van der Waals surface area contributed by atoms with Gasteiger partial charge in [0.05, 0.1) is 6.10 Å². The Morgan fingerprint density at radius 2 is 1.96 bits per heavy atom. The molecule has 1 aromatic carbocycles. The summed E-state index contributed by atoms with van der Waals surface area (Å²) in [7, 11) is 0. The molecule has 1 aliphatic carbocycles. The maximum atomic E-state index is 11.3. The average Bonchev–Trinajstić information content (AvgIpc) is 2.54. The molecule has 2 fully saturated rings. The van der Waals surface area contributed by atoms with E-state index in [0.29, 0.717) is 23.9 Å². The van der Waals surface area contributed by atoms with Crippen molar-refractivity contribution in [2.24, 2.45) is 11.8 Å². The molecular weight excluding hydrogens is 334 g/mol.